The third-order valence-electron chi connectivity index (χ3n) is 6.82. The first kappa shape index (κ1) is 19.3. The molecule has 3 heterocycles. The molecule has 4 nitrogen and oxygen atoms in total. The quantitative estimate of drug-likeness (QED) is 0.450. The second-order valence-corrected chi connectivity index (χ2v) is 8.64. The van der Waals surface area contributed by atoms with Crippen molar-refractivity contribution in [3.8, 4) is 0 Å². The summed E-state index contributed by atoms with van der Waals surface area (Å²) in [7, 11) is 0. The lowest BCUT2D eigenvalue weighted by Gasteiger charge is -2.32. The van der Waals surface area contributed by atoms with E-state index < -0.39 is 0 Å². The van der Waals surface area contributed by atoms with Gasteiger partial charge in [0.15, 0.2) is 5.71 Å². The fraction of sp³-hybridized carbons (Fsp3) is 0.400. The predicted molar refractivity (Wildman–Crippen MR) is 119 cm³/mol. The molecule has 1 saturated heterocycles. The van der Waals surface area contributed by atoms with E-state index in [9.17, 15) is 9.60 Å². The van der Waals surface area contributed by atoms with Crippen molar-refractivity contribution in [2.75, 3.05) is 19.6 Å². The van der Waals surface area contributed by atoms with Gasteiger partial charge in [-0.1, -0.05) is 18.2 Å². The van der Waals surface area contributed by atoms with E-state index in [-0.39, 0.29) is 5.82 Å². The largest absolute Gasteiger partial charge is 0.618 e. The number of aryl methyl sites for hydroxylation is 1. The minimum Gasteiger partial charge on any atom is -0.618 e. The molecule has 5 heteroatoms. The molecule has 0 bridgehead atoms. The average molecular weight is 406 g/mol. The molecule has 156 valence electrons. The summed E-state index contributed by atoms with van der Waals surface area (Å²) in [6.07, 6.45) is 8.01. The van der Waals surface area contributed by atoms with Crippen molar-refractivity contribution in [1.29, 1.82) is 0 Å². The summed E-state index contributed by atoms with van der Waals surface area (Å²) in [5, 5.41) is 13.7. The van der Waals surface area contributed by atoms with Crippen LogP contribution in [0.25, 0.3) is 10.9 Å². The smallest absolute Gasteiger partial charge is 0.219 e. The highest BCUT2D eigenvalue weighted by Crippen LogP contribution is 2.33. The van der Waals surface area contributed by atoms with Gasteiger partial charge in [0.1, 0.15) is 5.82 Å². The van der Waals surface area contributed by atoms with Crippen LogP contribution in [-0.4, -0.2) is 40.0 Å². The highest BCUT2D eigenvalue weighted by atomic mass is 19.1. The topological polar surface area (TPSA) is 45.1 Å². The maximum Gasteiger partial charge on any atom is 0.219 e. The maximum absolute atomic E-state index is 13.7. The molecule has 2 aliphatic rings. The number of piperidine rings is 1. The van der Waals surface area contributed by atoms with Crippen LogP contribution in [0.2, 0.25) is 0 Å². The molecule has 5 rings (SSSR count). The second-order valence-electron chi connectivity index (χ2n) is 8.64. The van der Waals surface area contributed by atoms with Gasteiger partial charge in [0.05, 0.1) is 0 Å². The van der Waals surface area contributed by atoms with Gasteiger partial charge in [0.25, 0.3) is 0 Å². The number of aromatic nitrogens is 1. The fourth-order valence-electron chi connectivity index (χ4n) is 5.12. The van der Waals surface area contributed by atoms with Gasteiger partial charge in [0.2, 0.25) is 5.69 Å². The van der Waals surface area contributed by atoms with Gasteiger partial charge in [-0.05, 0) is 75.0 Å². The Balaban J connectivity index is 1.15. The predicted octanol–water partition coefficient (Wildman–Crippen LogP) is 5.50. The SMILES string of the molecule is [O-][N+]1=C(CCCN2CCC(c3c[nH]c4ccc(F)cc34)CC2)CCc2ccccc21. The van der Waals surface area contributed by atoms with Crippen molar-refractivity contribution in [2.24, 2.45) is 0 Å². The second kappa shape index (κ2) is 8.23. The van der Waals surface area contributed by atoms with E-state index >= 15 is 0 Å². The van der Waals surface area contributed by atoms with Gasteiger partial charge in [-0.2, -0.15) is 4.74 Å². The highest BCUT2D eigenvalue weighted by molar-refractivity contribution is 5.84. The molecule has 1 N–H and O–H groups in total. The first-order valence-electron chi connectivity index (χ1n) is 11.1. The highest BCUT2D eigenvalue weighted by Gasteiger charge is 2.24. The number of likely N-dealkylation sites (tertiary alicyclic amines) is 1. The molecule has 0 radical (unpaired) electrons. The lowest BCUT2D eigenvalue weighted by molar-refractivity contribution is -0.367. The molecule has 2 aromatic carbocycles. The number of aromatic amines is 1. The van der Waals surface area contributed by atoms with E-state index in [1.807, 2.05) is 24.3 Å². The Morgan fingerprint density at radius 1 is 1.10 bits per heavy atom. The van der Waals surface area contributed by atoms with Crippen molar-refractivity contribution in [2.45, 2.75) is 44.4 Å². The van der Waals surface area contributed by atoms with Gasteiger partial charge >= 0.3 is 0 Å². The fourth-order valence-corrected chi connectivity index (χ4v) is 5.12. The Hall–Kier alpha value is -2.66. The maximum atomic E-state index is 13.7. The molecular formula is C25H28FN3O. The van der Waals surface area contributed by atoms with Crippen LogP contribution >= 0.6 is 0 Å². The number of benzene rings is 2. The normalized spacial score (nSPS) is 18.2. The Bertz CT molecular complexity index is 1080. The zero-order chi connectivity index (χ0) is 20.5. The number of halogens is 1. The third kappa shape index (κ3) is 3.74. The Morgan fingerprint density at radius 3 is 2.80 bits per heavy atom. The summed E-state index contributed by atoms with van der Waals surface area (Å²) in [6.45, 7) is 3.16. The number of para-hydroxylation sites is 1. The first-order chi connectivity index (χ1) is 14.7. The number of nitrogens with one attached hydrogen (secondary N) is 1. The van der Waals surface area contributed by atoms with E-state index in [1.54, 1.807) is 6.07 Å². The van der Waals surface area contributed by atoms with E-state index in [1.165, 1.54) is 16.4 Å². The minimum atomic E-state index is -0.170. The summed E-state index contributed by atoms with van der Waals surface area (Å²) in [6, 6.07) is 12.9. The molecular weight excluding hydrogens is 377 g/mol. The van der Waals surface area contributed by atoms with E-state index in [0.717, 1.165) is 86.0 Å². The number of hydrogen-bond donors (Lipinski definition) is 1. The number of fused-ring (bicyclic) bond motifs is 2. The number of nitrogens with zero attached hydrogens (tertiary/aromatic N) is 2. The van der Waals surface area contributed by atoms with E-state index in [0.29, 0.717) is 5.92 Å². The number of H-pyrrole nitrogens is 1. The van der Waals surface area contributed by atoms with Gasteiger partial charge < -0.3 is 15.1 Å². The Morgan fingerprint density at radius 2 is 1.93 bits per heavy atom. The van der Waals surface area contributed by atoms with Gasteiger partial charge in [-0.15, -0.1) is 0 Å². The van der Waals surface area contributed by atoms with Crippen molar-refractivity contribution >= 4 is 22.3 Å². The monoisotopic (exact) mass is 405 g/mol. The molecule has 1 aromatic heterocycles. The summed E-state index contributed by atoms with van der Waals surface area (Å²) < 4.78 is 14.8. The van der Waals surface area contributed by atoms with Crippen LogP contribution in [0.3, 0.4) is 0 Å². The lowest BCUT2D eigenvalue weighted by Crippen LogP contribution is -2.34. The van der Waals surface area contributed by atoms with Crippen molar-refractivity contribution in [3.05, 3.63) is 70.8 Å². The van der Waals surface area contributed by atoms with E-state index in [2.05, 4.69) is 22.1 Å². The zero-order valence-electron chi connectivity index (χ0n) is 17.2. The van der Waals surface area contributed by atoms with Crippen LogP contribution in [0, 0.1) is 11.0 Å². The molecule has 2 aliphatic heterocycles. The van der Waals surface area contributed by atoms with Gasteiger partial charge in [0, 0.05) is 41.6 Å². The standard InChI is InChI=1S/C25H28FN3O/c26-20-8-10-24-22(16-20)23(17-27-24)18-11-14-28(15-12-18)13-3-5-21-9-7-19-4-1-2-6-25(19)29(21)30/h1-2,4,6,8,10,16-18,27H,3,5,7,9,11-15H2. The number of hydrogen-bond acceptors (Lipinski definition) is 2. The molecule has 0 saturated carbocycles. The molecule has 1 fully saturated rings. The van der Waals surface area contributed by atoms with Crippen molar-refractivity contribution < 1.29 is 9.13 Å². The van der Waals surface area contributed by atoms with Crippen LogP contribution < -0.4 is 0 Å². The zero-order valence-corrected chi connectivity index (χ0v) is 17.2. The average Bonchev–Trinajstić information content (AvgIpc) is 3.19. The summed E-state index contributed by atoms with van der Waals surface area (Å²) in [5.41, 5.74) is 5.28. The summed E-state index contributed by atoms with van der Waals surface area (Å²) in [5.74, 6) is 0.314. The summed E-state index contributed by atoms with van der Waals surface area (Å²) in [4.78, 5) is 5.80. The molecule has 0 spiro atoms. The lowest BCUT2D eigenvalue weighted by atomic mass is 9.89. The van der Waals surface area contributed by atoms with E-state index in [4.69, 9.17) is 0 Å². The Labute approximate surface area is 176 Å². The summed E-state index contributed by atoms with van der Waals surface area (Å²) >= 11 is 0. The van der Waals surface area contributed by atoms with Crippen molar-refractivity contribution in [3.63, 3.8) is 0 Å². The van der Waals surface area contributed by atoms with Gasteiger partial charge in [-0.3, -0.25) is 0 Å². The van der Waals surface area contributed by atoms with Gasteiger partial charge in [-0.25, -0.2) is 4.39 Å². The molecule has 3 aromatic rings. The molecule has 0 amide bonds. The van der Waals surface area contributed by atoms with Crippen LogP contribution in [0.15, 0.2) is 48.7 Å². The van der Waals surface area contributed by atoms with Crippen molar-refractivity contribution in [1.82, 2.24) is 9.88 Å². The first-order valence-corrected chi connectivity index (χ1v) is 11.1. The van der Waals surface area contributed by atoms with Crippen LogP contribution in [0.4, 0.5) is 10.1 Å². The molecule has 0 atom stereocenters. The molecule has 30 heavy (non-hydrogen) atoms. The molecule has 0 aliphatic carbocycles. The molecule has 0 unspecified atom stereocenters. The number of rotatable bonds is 5. The van der Waals surface area contributed by atoms with Crippen LogP contribution in [0.1, 0.15) is 49.1 Å². The third-order valence-corrected chi connectivity index (χ3v) is 6.82. The van der Waals surface area contributed by atoms with Crippen LogP contribution in [0.5, 0.6) is 0 Å². The van der Waals surface area contributed by atoms with Crippen LogP contribution in [-0.2, 0) is 6.42 Å². The minimum absolute atomic E-state index is 0.170. The Kier molecular flexibility index (Phi) is 5.30.